The van der Waals surface area contributed by atoms with Gasteiger partial charge in [0.15, 0.2) is 23.3 Å². The van der Waals surface area contributed by atoms with Crippen LogP contribution in [0.1, 0.15) is 42.1 Å². The number of halogens is 1. The van der Waals surface area contributed by atoms with Crippen LogP contribution in [0.2, 0.25) is 5.02 Å². The Labute approximate surface area is 345 Å². The second-order valence-electron chi connectivity index (χ2n) is 13.7. The maximum absolute atomic E-state index is 12.5. The summed E-state index contributed by atoms with van der Waals surface area (Å²) in [4.78, 5) is 38.2. The monoisotopic (exact) mass is 822 g/mol. The molecule has 18 heteroatoms. The molecule has 306 valence electrons. The van der Waals surface area contributed by atoms with E-state index >= 15 is 0 Å². The van der Waals surface area contributed by atoms with E-state index in [9.17, 15) is 25.2 Å². The van der Waals surface area contributed by atoms with Crippen LogP contribution in [0.4, 0.5) is 27.9 Å². The predicted octanol–water partition coefficient (Wildman–Crippen LogP) is 5.92. The number of nitrogens with one attached hydrogen (secondary N) is 2. The largest absolute Gasteiger partial charge is 0.497 e. The molecule has 59 heavy (non-hydrogen) atoms. The number of aromatic nitrogens is 4. The van der Waals surface area contributed by atoms with Crippen LogP contribution in [0.5, 0.6) is 11.5 Å². The summed E-state index contributed by atoms with van der Waals surface area (Å²) in [6.07, 6.45) is 0.0213. The highest BCUT2D eigenvalue weighted by atomic mass is 35.5. The van der Waals surface area contributed by atoms with Gasteiger partial charge in [-0.1, -0.05) is 35.9 Å². The Bertz CT molecular complexity index is 2360. The summed E-state index contributed by atoms with van der Waals surface area (Å²) in [5.41, 5.74) is 3.41. The fourth-order valence-electron chi connectivity index (χ4n) is 6.94. The van der Waals surface area contributed by atoms with Gasteiger partial charge in [-0.15, -0.1) is 5.10 Å². The van der Waals surface area contributed by atoms with Crippen LogP contribution in [-0.2, 0) is 27.4 Å². The molecule has 1 fully saturated rings. The number of alkyl carbamates (subject to hydrolysis) is 1. The number of imidazole rings is 1. The fraction of sp³-hybridized carbons (Fsp3) is 0.341. The fourth-order valence-corrected chi connectivity index (χ4v) is 7.21. The smallest absolute Gasteiger partial charge is 0.407 e. The predicted molar refractivity (Wildman–Crippen MR) is 218 cm³/mol. The molecule has 0 radical (unpaired) electrons. The lowest BCUT2D eigenvalue weighted by Crippen LogP contribution is -2.52. The van der Waals surface area contributed by atoms with Crippen LogP contribution in [-0.4, -0.2) is 89.9 Å². The summed E-state index contributed by atoms with van der Waals surface area (Å²) in [6, 6.07) is 21.9. The number of nitrogens with zero attached hydrogens (tertiary/aromatic N) is 8. The number of rotatable bonds is 16. The molecule has 3 N–H and O–H groups in total. The second kappa shape index (κ2) is 19.1. The van der Waals surface area contributed by atoms with Crippen LogP contribution in [0.25, 0.3) is 5.65 Å². The highest BCUT2D eigenvalue weighted by Crippen LogP contribution is 2.39. The van der Waals surface area contributed by atoms with Crippen molar-refractivity contribution in [3.63, 3.8) is 0 Å². The molecule has 3 aromatic carbocycles. The Balaban J connectivity index is 1.29. The molecule has 0 spiro atoms. The van der Waals surface area contributed by atoms with Crippen LogP contribution in [0.15, 0.2) is 66.9 Å². The highest BCUT2D eigenvalue weighted by Gasteiger charge is 2.36. The summed E-state index contributed by atoms with van der Waals surface area (Å²) in [5, 5.41) is 41.1. The van der Waals surface area contributed by atoms with Crippen molar-refractivity contribution >= 4 is 52.5 Å². The summed E-state index contributed by atoms with van der Waals surface area (Å²) < 4.78 is 22.7. The zero-order valence-electron chi connectivity index (χ0n) is 32.9. The number of hydrogen-bond acceptors (Lipinski definition) is 14. The molecular weight excluding hydrogens is 780 g/mol. The van der Waals surface area contributed by atoms with E-state index in [4.69, 9.17) is 35.5 Å². The molecule has 3 atom stereocenters. The van der Waals surface area contributed by atoms with Gasteiger partial charge in [-0.2, -0.15) is 20.0 Å². The van der Waals surface area contributed by atoms with E-state index in [0.717, 1.165) is 16.9 Å². The second-order valence-corrected chi connectivity index (χ2v) is 14.0. The molecule has 5 aromatic rings. The average molecular weight is 823 g/mol. The molecule has 1 amide bonds. The standard InChI is InChI=1S/C41H43ClN10O7/c1-5-50(22-25-6-10-30(56-2)11-7-25)38-37-45-21-29(20-44)52(37)49-40(48-38)46-33-16-27(19-43)17-34(36(33)42)51-15-14-32(47-41(55)58-4)28(23-51)18-35(39(53)54)59-24-26-8-12-31(57-3)13-9-26/h6-13,16-17,21,28,32,35H,5,14-15,18,22-24H2,1-4H3,(H,46,49)(H,47,55)(H,53,54)/t28-,32-,35+/m1/s1. The first kappa shape index (κ1) is 41.8. The third-order valence-electron chi connectivity index (χ3n) is 10.1. The summed E-state index contributed by atoms with van der Waals surface area (Å²) >= 11 is 7.15. The molecule has 0 unspecified atom stereocenters. The molecule has 1 aliphatic heterocycles. The van der Waals surface area contributed by atoms with E-state index < -0.39 is 30.1 Å². The van der Waals surface area contributed by atoms with E-state index in [-0.39, 0.29) is 41.8 Å². The number of ether oxygens (including phenoxy) is 4. The van der Waals surface area contributed by atoms with Crippen LogP contribution in [0.3, 0.4) is 0 Å². The van der Waals surface area contributed by atoms with Crippen LogP contribution >= 0.6 is 11.6 Å². The molecule has 3 heterocycles. The lowest BCUT2D eigenvalue weighted by atomic mass is 9.87. The molecule has 1 saturated heterocycles. The number of fused-ring (bicyclic) bond motifs is 1. The number of carbonyl (C=O) groups excluding carboxylic acids is 1. The molecule has 1 aliphatic rings. The highest BCUT2D eigenvalue weighted by molar-refractivity contribution is 6.36. The van der Waals surface area contributed by atoms with Gasteiger partial charge in [-0.25, -0.2) is 14.6 Å². The maximum Gasteiger partial charge on any atom is 0.407 e. The van der Waals surface area contributed by atoms with Crippen LogP contribution in [0, 0.1) is 28.6 Å². The molecule has 6 rings (SSSR count). The van der Waals surface area contributed by atoms with Gasteiger partial charge in [-0.3, -0.25) is 0 Å². The summed E-state index contributed by atoms with van der Waals surface area (Å²) in [7, 11) is 4.43. The number of benzene rings is 3. The van der Waals surface area contributed by atoms with Crippen molar-refractivity contribution in [2.45, 2.75) is 45.1 Å². The number of anilines is 4. The quantitative estimate of drug-likeness (QED) is 0.105. The van der Waals surface area contributed by atoms with E-state index in [1.807, 2.05) is 41.0 Å². The van der Waals surface area contributed by atoms with E-state index in [2.05, 4.69) is 32.9 Å². The first-order valence-electron chi connectivity index (χ1n) is 18.7. The van der Waals surface area contributed by atoms with Crippen LogP contribution < -0.4 is 29.9 Å². The third-order valence-corrected chi connectivity index (χ3v) is 10.5. The summed E-state index contributed by atoms with van der Waals surface area (Å²) in [6.45, 7) is 3.67. The number of carbonyl (C=O) groups is 2. The lowest BCUT2D eigenvalue weighted by Gasteiger charge is -2.41. The number of amides is 1. The number of carboxylic acid groups (broad SMARTS) is 1. The number of piperidine rings is 1. The van der Waals surface area contributed by atoms with Gasteiger partial charge in [0.2, 0.25) is 5.95 Å². The first-order valence-corrected chi connectivity index (χ1v) is 19.1. The SMILES string of the molecule is CCN(Cc1ccc(OC)cc1)c1nc(Nc2cc(C#N)cc(N3CC[C@@H](NC(=O)OC)[C@H](C[C@H](OCc4ccc(OC)cc4)C(=O)O)C3)c2Cl)nn2c(C#N)cnc12. The molecule has 0 saturated carbocycles. The molecular formula is C41H43ClN10O7. The van der Waals surface area contributed by atoms with Crippen molar-refractivity contribution in [3.8, 4) is 23.6 Å². The Morgan fingerprint density at radius 1 is 1.03 bits per heavy atom. The van der Waals surface area contributed by atoms with E-state index in [0.29, 0.717) is 54.6 Å². The minimum atomic E-state index is -1.21. The lowest BCUT2D eigenvalue weighted by molar-refractivity contribution is -0.152. The Morgan fingerprint density at radius 3 is 2.34 bits per heavy atom. The number of nitriles is 2. The van der Waals surface area contributed by atoms with Gasteiger partial charge in [-0.05, 0) is 73.2 Å². The summed E-state index contributed by atoms with van der Waals surface area (Å²) in [5.74, 6) is 0.349. The molecule has 17 nitrogen and oxygen atoms in total. The molecule has 0 aliphatic carbocycles. The number of carboxylic acids is 1. The van der Waals surface area contributed by atoms with Gasteiger partial charge < -0.3 is 44.5 Å². The minimum absolute atomic E-state index is 0.0412. The zero-order chi connectivity index (χ0) is 42.1. The van der Waals surface area contributed by atoms with Crippen molar-refractivity contribution in [2.24, 2.45) is 5.92 Å². The van der Waals surface area contributed by atoms with Crippen molar-refractivity contribution in [1.29, 1.82) is 10.5 Å². The first-order chi connectivity index (χ1) is 28.6. The molecule has 0 bridgehead atoms. The zero-order valence-corrected chi connectivity index (χ0v) is 33.6. The number of aliphatic carboxylic acids is 1. The number of methoxy groups -OCH3 is 3. The van der Waals surface area contributed by atoms with Gasteiger partial charge in [0.05, 0.1) is 62.2 Å². The van der Waals surface area contributed by atoms with Crippen molar-refractivity contribution in [3.05, 3.63) is 94.3 Å². The minimum Gasteiger partial charge on any atom is -0.497 e. The topological polar surface area (TPSA) is 212 Å². The van der Waals surface area contributed by atoms with Crippen molar-refractivity contribution < 1.29 is 33.6 Å². The van der Waals surface area contributed by atoms with Gasteiger partial charge >= 0.3 is 12.1 Å². The van der Waals surface area contributed by atoms with Gasteiger partial charge in [0.1, 0.15) is 17.6 Å². The van der Waals surface area contributed by atoms with E-state index in [1.54, 1.807) is 50.6 Å². The molecule has 2 aromatic heterocycles. The van der Waals surface area contributed by atoms with Gasteiger partial charge in [0, 0.05) is 32.2 Å². The number of hydrogen-bond donors (Lipinski definition) is 3. The van der Waals surface area contributed by atoms with Crippen molar-refractivity contribution in [1.82, 2.24) is 24.9 Å². The Kier molecular flexibility index (Phi) is 13.5. The average Bonchev–Trinajstić information content (AvgIpc) is 3.68. The van der Waals surface area contributed by atoms with Crippen molar-refractivity contribution in [2.75, 3.05) is 56.1 Å². The van der Waals surface area contributed by atoms with E-state index in [1.165, 1.54) is 17.8 Å². The van der Waals surface area contributed by atoms with Gasteiger partial charge in [0.25, 0.3) is 0 Å². The Hall–Kier alpha value is -6.82. The third kappa shape index (κ3) is 9.84. The normalized spacial score (nSPS) is 15.4. The maximum atomic E-state index is 12.5. The Morgan fingerprint density at radius 2 is 1.73 bits per heavy atom.